The van der Waals surface area contributed by atoms with Gasteiger partial charge in [-0.15, -0.1) is 0 Å². The van der Waals surface area contributed by atoms with Crippen molar-refractivity contribution in [2.75, 3.05) is 11.9 Å². The van der Waals surface area contributed by atoms with Crippen LogP contribution in [0.1, 0.15) is 25.0 Å². The second-order valence-corrected chi connectivity index (χ2v) is 6.51. The van der Waals surface area contributed by atoms with Gasteiger partial charge in [0.1, 0.15) is 0 Å². The maximum atomic E-state index is 3.69. The minimum atomic E-state index is 0.492. The Hall–Kier alpha value is -1.32. The fourth-order valence-corrected chi connectivity index (χ4v) is 2.79. The van der Waals surface area contributed by atoms with Crippen molar-refractivity contribution in [2.45, 2.75) is 33.4 Å². The molecule has 21 heavy (non-hydrogen) atoms. The van der Waals surface area contributed by atoms with Crippen LogP contribution in [0.4, 0.5) is 11.4 Å². The van der Waals surface area contributed by atoms with E-state index >= 15 is 0 Å². The van der Waals surface area contributed by atoms with Crippen LogP contribution in [0.25, 0.3) is 0 Å². The quantitative estimate of drug-likeness (QED) is 0.817. The normalized spacial score (nSPS) is 11.0. The number of rotatable bonds is 5. The summed E-state index contributed by atoms with van der Waals surface area (Å²) >= 11 is 3.69. The SMILES string of the molecule is Cc1ccccc1N(C)c1ccc(CNC(C)C)c(Br)c1. The Morgan fingerprint density at radius 1 is 1.14 bits per heavy atom. The molecule has 0 aromatic heterocycles. The highest BCUT2D eigenvalue weighted by molar-refractivity contribution is 9.10. The van der Waals surface area contributed by atoms with Gasteiger partial charge in [-0.1, -0.05) is 54.0 Å². The summed E-state index contributed by atoms with van der Waals surface area (Å²) in [5.41, 5.74) is 4.98. The summed E-state index contributed by atoms with van der Waals surface area (Å²) in [7, 11) is 2.11. The minimum absolute atomic E-state index is 0.492. The molecule has 0 spiro atoms. The highest BCUT2D eigenvalue weighted by Gasteiger charge is 2.09. The molecule has 0 unspecified atom stereocenters. The number of para-hydroxylation sites is 1. The van der Waals surface area contributed by atoms with E-state index in [0.29, 0.717) is 6.04 Å². The predicted molar refractivity (Wildman–Crippen MR) is 95.4 cm³/mol. The van der Waals surface area contributed by atoms with Crippen molar-refractivity contribution >= 4 is 27.3 Å². The number of halogens is 1. The Morgan fingerprint density at radius 2 is 1.86 bits per heavy atom. The van der Waals surface area contributed by atoms with Gasteiger partial charge in [-0.2, -0.15) is 0 Å². The van der Waals surface area contributed by atoms with E-state index in [1.807, 2.05) is 0 Å². The molecule has 1 N–H and O–H groups in total. The van der Waals surface area contributed by atoms with Crippen LogP contribution in [-0.2, 0) is 6.54 Å². The van der Waals surface area contributed by atoms with Crippen LogP contribution < -0.4 is 10.2 Å². The van der Waals surface area contributed by atoms with E-state index in [4.69, 9.17) is 0 Å². The topological polar surface area (TPSA) is 15.3 Å². The van der Waals surface area contributed by atoms with Crippen molar-refractivity contribution < 1.29 is 0 Å². The van der Waals surface area contributed by atoms with E-state index in [2.05, 4.69) is 96.4 Å². The average Bonchev–Trinajstić information content (AvgIpc) is 2.45. The Morgan fingerprint density at radius 3 is 2.48 bits per heavy atom. The number of nitrogens with zero attached hydrogens (tertiary/aromatic N) is 1. The summed E-state index contributed by atoms with van der Waals surface area (Å²) in [6, 6.07) is 15.5. The van der Waals surface area contributed by atoms with Gasteiger partial charge in [0.05, 0.1) is 0 Å². The van der Waals surface area contributed by atoms with Gasteiger partial charge in [0.15, 0.2) is 0 Å². The molecule has 0 bridgehead atoms. The summed E-state index contributed by atoms with van der Waals surface area (Å²) in [6.45, 7) is 7.34. The van der Waals surface area contributed by atoms with E-state index in [9.17, 15) is 0 Å². The van der Waals surface area contributed by atoms with Crippen LogP contribution in [0, 0.1) is 6.92 Å². The lowest BCUT2D eigenvalue weighted by Gasteiger charge is -2.22. The van der Waals surface area contributed by atoms with Crippen LogP contribution in [0.2, 0.25) is 0 Å². The van der Waals surface area contributed by atoms with Crippen molar-refractivity contribution in [3.8, 4) is 0 Å². The molecule has 0 heterocycles. The lowest BCUT2D eigenvalue weighted by Crippen LogP contribution is -2.22. The van der Waals surface area contributed by atoms with Gasteiger partial charge in [0, 0.05) is 35.5 Å². The van der Waals surface area contributed by atoms with Gasteiger partial charge in [0.25, 0.3) is 0 Å². The van der Waals surface area contributed by atoms with Crippen molar-refractivity contribution in [1.29, 1.82) is 0 Å². The first-order chi connectivity index (χ1) is 9.99. The Labute approximate surface area is 136 Å². The molecular formula is C18H23BrN2. The number of anilines is 2. The monoisotopic (exact) mass is 346 g/mol. The van der Waals surface area contributed by atoms with E-state index in [1.54, 1.807) is 0 Å². The molecule has 3 heteroatoms. The zero-order valence-corrected chi connectivity index (χ0v) is 14.7. The number of hydrogen-bond acceptors (Lipinski definition) is 2. The highest BCUT2D eigenvalue weighted by atomic mass is 79.9. The Balaban J connectivity index is 2.21. The van der Waals surface area contributed by atoms with Crippen molar-refractivity contribution in [3.63, 3.8) is 0 Å². The third-order valence-corrected chi connectivity index (χ3v) is 4.34. The van der Waals surface area contributed by atoms with Gasteiger partial charge < -0.3 is 10.2 Å². The maximum absolute atomic E-state index is 3.69. The summed E-state index contributed by atoms with van der Waals surface area (Å²) in [5, 5.41) is 3.45. The summed E-state index contributed by atoms with van der Waals surface area (Å²) in [4.78, 5) is 2.22. The van der Waals surface area contributed by atoms with Crippen LogP contribution >= 0.6 is 15.9 Å². The molecule has 112 valence electrons. The number of hydrogen-bond donors (Lipinski definition) is 1. The molecule has 0 saturated carbocycles. The zero-order chi connectivity index (χ0) is 15.4. The molecule has 2 rings (SSSR count). The predicted octanol–water partition coefficient (Wildman–Crippen LogP) is 5.02. The molecular weight excluding hydrogens is 324 g/mol. The van der Waals surface area contributed by atoms with Crippen molar-refractivity contribution in [2.24, 2.45) is 0 Å². The number of aryl methyl sites for hydroxylation is 1. The van der Waals surface area contributed by atoms with Crippen LogP contribution in [0.15, 0.2) is 46.9 Å². The molecule has 0 radical (unpaired) electrons. The number of nitrogens with one attached hydrogen (secondary N) is 1. The van der Waals surface area contributed by atoms with E-state index in [0.717, 1.165) is 11.0 Å². The summed E-state index contributed by atoms with van der Waals surface area (Å²) in [6.07, 6.45) is 0. The molecule has 2 aromatic carbocycles. The molecule has 0 atom stereocenters. The maximum Gasteiger partial charge on any atom is 0.0437 e. The van der Waals surface area contributed by atoms with Gasteiger partial charge >= 0.3 is 0 Å². The summed E-state index contributed by atoms with van der Waals surface area (Å²) < 4.78 is 1.15. The lowest BCUT2D eigenvalue weighted by atomic mass is 10.1. The Kier molecular flexibility index (Phi) is 5.43. The third-order valence-electron chi connectivity index (χ3n) is 3.60. The van der Waals surface area contributed by atoms with Gasteiger partial charge in [-0.05, 0) is 36.2 Å². The number of benzene rings is 2. The second-order valence-electron chi connectivity index (χ2n) is 5.66. The first-order valence-electron chi connectivity index (χ1n) is 7.30. The second kappa shape index (κ2) is 7.10. The molecule has 2 aromatic rings. The molecule has 0 aliphatic rings. The molecule has 0 aliphatic carbocycles. The molecule has 0 saturated heterocycles. The first-order valence-corrected chi connectivity index (χ1v) is 8.09. The van der Waals surface area contributed by atoms with Crippen LogP contribution in [0.5, 0.6) is 0 Å². The van der Waals surface area contributed by atoms with Gasteiger partial charge in [0.2, 0.25) is 0 Å². The average molecular weight is 347 g/mol. The first kappa shape index (κ1) is 16.1. The van der Waals surface area contributed by atoms with Crippen molar-refractivity contribution in [1.82, 2.24) is 5.32 Å². The largest absolute Gasteiger partial charge is 0.344 e. The Bertz CT molecular complexity index is 608. The minimum Gasteiger partial charge on any atom is -0.344 e. The fraction of sp³-hybridized carbons (Fsp3) is 0.333. The smallest absolute Gasteiger partial charge is 0.0437 e. The highest BCUT2D eigenvalue weighted by Crippen LogP contribution is 2.30. The molecule has 2 nitrogen and oxygen atoms in total. The molecule has 0 amide bonds. The van der Waals surface area contributed by atoms with Crippen LogP contribution in [0.3, 0.4) is 0 Å². The molecule has 0 fully saturated rings. The van der Waals surface area contributed by atoms with Gasteiger partial charge in [-0.3, -0.25) is 0 Å². The van der Waals surface area contributed by atoms with E-state index in [-0.39, 0.29) is 0 Å². The molecule has 0 aliphatic heterocycles. The summed E-state index contributed by atoms with van der Waals surface area (Å²) in [5.74, 6) is 0. The van der Waals surface area contributed by atoms with Gasteiger partial charge in [-0.25, -0.2) is 0 Å². The third kappa shape index (κ3) is 4.08. The lowest BCUT2D eigenvalue weighted by molar-refractivity contribution is 0.588. The van der Waals surface area contributed by atoms with E-state index in [1.165, 1.54) is 22.5 Å². The van der Waals surface area contributed by atoms with Crippen molar-refractivity contribution in [3.05, 3.63) is 58.1 Å². The van der Waals surface area contributed by atoms with E-state index < -0.39 is 0 Å². The fourth-order valence-electron chi connectivity index (χ4n) is 2.28. The zero-order valence-electron chi connectivity index (χ0n) is 13.2. The van der Waals surface area contributed by atoms with Crippen LogP contribution in [-0.4, -0.2) is 13.1 Å². The standard InChI is InChI=1S/C18H23BrN2/c1-13(2)20-12-15-9-10-16(11-17(15)19)21(4)18-8-6-5-7-14(18)3/h5-11,13,20H,12H2,1-4H3.